The maximum Gasteiger partial charge on any atom is 0.475 e. The van der Waals surface area contributed by atoms with Gasteiger partial charge in [0.1, 0.15) is 18.0 Å². The van der Waals surface area contributed by atoms with Crippen LogP contribution >= 0.6 is 19.4 Å². The molecule has 1 N–H and O–H groups in total. The van der Waals surface area contributed by atoms with Gasteiger partial charge >= 0.3 is 13.5 Å². The fourth-order valence-corrected chi connectivity index (χ4v) is 7.27. The fraction of sp³-hybridized carbons (Fsp3) is 0.600. The van der Waals surface area contributed by atoms with Crippen molar-refractivity contribution in [3.8, 4) is 0 Å². The SMILES string of the molecule is CC(C)(C)[Si](C)(C)O[C@@H]1[C@@H](CO[P@]2(=O)OCC[C@H](c3ccc(F)c(Cl)c3)O2)O[C@@H](n2ccc(=O)[nH]c2=O)[C@]1(C)F. The molecule has 2 aromatic rings. The van der Waals surface area contributed by atoms with Crippen molar-refractivity contribution in [1.29, 1.82) is 0 Å². The summed E-state index contributed by atoms with van der Waals surface area (Å²) in [4.78, 5) is 26.2. The van der Waals surface area contributed by atoms with Gasteiger partial charge in [-0.25, -0.2) is 18.1 Å². The van der Waals surface area contributed by atoms with Gasteiger partial charge in [-0.05, 0) is 42.8 Å². The van der Waals surface area contributed by atoms with E-state index in [-0.39, 0.29) is 16.7 Å². The first-order chi connectivity index (χ1) is 18.4. The van der Waals surface area contributed by atoms with E-state index in [9.17, 15) is 18.5 Å². The molecule has 6 atom stereocenters. The van der Waals surface area contributed by atoms with E-state index in [0.717, 1.165) is 16.8 Å². The Morgan fingerprint density at radius 3 is 2.60 bits per heavy atom. The van der Waals surface area contributed by atoms with Gasteiger partial charge in [0, 0.05) is 18.7 Å². The minimum absolute atomic E-state index is 0.0165. The Kier molecular flexibility index (Phi) is 8.73. The van der Waals surface area contributed by atoms with E-state index < -0.39 is 70.0 Å². The van der Waals surface area contributed by atoms with Crippen molar-refractivity contribution >= 4 is 27.7 Å². The van der Waals surface area contributed by atoms with Crippen LogP contribution in [0.4, 0.5) is 8.78 Å². The number of ether oxygens (including phenoxy) is 1. The first-order valence-electron chi connectivity index (χ1n) is 12.8. The first-order valence-corrected chi connectivity index (χ1v) is 17.5. The summed E-state index contributed by atoms with van der Waals surface area (Å²) in [6, 6.07) is 5.10. The summed E-state index contributed by atoms with van der Waals surface area (Å²) in [6.07, 6.45) is -3.15. The molecule has 0 unspecified atom stereocenters. The van der Waals surface area contributed by atoms with Gasteiger partial charge < -0.3 is 9.16 Å². The average molecular weight is 623 g/mol. The third kappa shape index (κ3) is 6.36. The molecule has 4 rings (SSSR count). The summed E-state index contributed by atoms with van der Waals surface area (Å²) in [5.41, 5.74) is -3.28. The van der Waals surface area contributed by atoms with Crippen LogP contribution in [0, 0.1) is 5.82 Å². The normalized spacial score (nSPS) is 31.4. The molecule has 15 heteroatoms. The van der Waals surface area contributed by atoms with E-state index in [1.807, 2.05) is 33.9 Å². The minimum atomic E-state index is -4.17. The number of phosphoric acid groups is 1. The zero-order valence-corrected chi connectivity index (χ0v) is 25.8. The average Bonchev–Trinajstić information content (AvgIpc) is 3.08. The molecule has 1 aromatic heterocycles. The Hall–Kier alpha value is -1.70. The molecule has 2 aliphatic rings. The largest absolute Gasteiger partial charge is 0.475 e. The number of hydrogen-bond donors (Lipinski definition) is 1. The third-order valence-electron chi connectivity index (χ3n) is 7.61. The number of nitrogens with one attached hydrogen (secondary N) is 1. The summed E-state index contributed by atoms with van der Waals surface area (Å²) in [5.74, 6) is -0.603. The number of rotatable bonds is 7. The summed E-state index contributed by atoms with van der Waals surface area (Å²) < 4.78 is 73.6. The van der Waals surface area contributed by atoms with Gasteiger partial charge in [-0.3, -0.25) is 27.9 Å². The van der Waals surface area contributed by atoms with Crippen molar-refractivity contribution in [1.82, 2.24) is 9.55 Å². The molecule has 1 aromatic carbocycles. The molecule has 0 amide bonds. The monoisotopic (exact) mass is 622 g/mol. The van der Waals surface area contributed by atoms with Crippen LogP contribution in [0.3, 0.4) is 0 Å². The zero-order valence-electron chi connectivity index (χ0n) is 23.1. The van der Waals surface area contributed by atoms with E-state index in [1.54, 1.807) is 0 Å². The van der Waals surface area contributed by atoms with Crippen LogP contribution in [0.5, 0.6) is 0 Å². The minimum Gasteiger partial charge on any atom is -0.408 e. The molecule has 2 saturated heterocycles. The summed E-state index contributed by atoms with van der Waals surface area (Å²) >= 11 is 5.89. The number of benzene rings is 1. The lowest BCUT2D eigenvalue weighted by atomic mass is 9.98. The van der Waals surface area contributed by atoms with Crippen molar-refractivity contribution in [2.45, 2.75) is 82.5 Å². The highest BCUT2D eigenvalue weighted by Gasteiger charge is 2.59. The van der Waals surface area contributed by atoms with Crippen molar-refractivity contribution in [3.05, 3.63) is 67.7 Å². The number of halogens is 3. The lowest BCUT2D eigenvalue weighted by Crippen LogP contribution is -2.53. The molecule has 2 fully saturated rings. The third-order valence-corrected chi connectivity index (χ3v) is 13.8. The molecule has 2 aliphatic heterocycles. The number of aromatic nitrogens is 2. The fourth-order valence-electron chi connectivity index (χ4n) is 4.32. The van der Waals surface area contributed by atoms with E-state index in [2.05, 4.69) is 4.98 Å². The van der Waals surface area contributed by atoms with Crippen LogP contribution in [0.2, 0.25) is 23.2 Å². The van der Waals surface area contributed by atoms with Crippen molar-refractivity contribution in [2.24, 2.45) is 0 Å². The molecular weight excluding hydrogens is 589 g/mol. The van der Waals surface area contributed by atoms with Crippen LogP contribution in [-0.4, -0.2) is 49.0 Å². The van der Waals surface area contributed by atoms with E-state index in [0.29, 0.717) is 12.0 Å². The predicted octanol–water partition coefficient (Wildman–Crippen LogP) is 5.65. The van der Waals surface area contributed by atoms with Gasteiger partial charge in [-0.2, -0.15) is 0 Å². The van der Waals surface area contributed by atoms with Gasteiger partial charge in [-0.15, -0.1) is 0 Å². The number of phosphoric ester groups is 1. The van der Waals surface area contributed by atoms with Gasteiger partial charge in [0.2, 0.25) is 0 Å². The smallest absolute Gasteiger partial charge is 0.408 e. The quantitative estimate of drug-likeness (QED) is 0.311. The van der Waals surface area contributed by atoms with Crippen molar-refractivity contribution in [3.63, 3.8) is 0 Å². The summed E-state index contributed by atoms with van der Waals surface area (Å²) in [7, 11) is -6.78. The molecule has 0 radical (unpaired) electrons. The summed E-state index contributed by atoms with van der Waals surface area (Å²) in [5, 5.41) is -0.410. The summed E-state index contributed by atoms with van der Waals surface area (Å²) in [6.45, 7) is 10.7. The van der Waals surface area contributed by atoms with Gasteiger partial charge in [0.25, 0.3) is 5.56 Å². The standard InChI is InChI=1S/C25H34ClF2N2O8PSi/c1-24(2,3)40(5,6)38-21-19(36-22(25(21,4)28)30-11-9-20(31)29-23(30)32)14-35-39(33)34-12-10-18(37-39)15-7-8-17(27)16(26)13-15/h7-9,11,13,18-19,21-22H,10,12,14H2,1-6H3,(H,29,31,32)/t18-,19-,21-,22-,25-,39+/m1/s1. The molecule has 10 nitrogen and oxygen atoms in total. The van der Waals surface area contributed by atoms with Crippen LogP contribution in [0.25, 0.3) is 0 Å². The Labute approximate surface area is 236 Å². The Bertz CT molecular complexity index is 1410. The number of alkyl halides is 1. The Morgan fingerprint density at radius 1 is 1.27 bits per heavy atom. The maximum atomic E-state index is 16.6. The molecule has 0 bridgehead atoms. The molecule has 3 heterocycles. The van der Waals surface area contributed by atoms with E-state index >= 15 is 4.39 Å². The Morgan fingerprint density at radius 2 is 1.98 bits per heavy atom. The molecule has 222 valence electrons. The van der Waals surface area contributed by atoms with E-state index in [1.165, 1.54) is 25.1 Å². The lowest BCUT2D eigenvalue weighted by molar-refractivity contribution is -0.0653. The number of aromatic amines is 1. The zero-order chi connectivity index (χ0) is 29.7. The lowest BCUT2D eigenvalue weighted by Gasteiger charge is -2.41. The van der Waals surface area contributed by atoms with Gasteiger partial charge in [0.15, 0.2) is 20.2 Å². The second-order valence-corrected chi connectivity index (χ2v) is 18.4. The highest BCUT2D eigenvalue weighted by Crippen LogP contribution is 2.58. The van der Waals surface area contributed by atoms with Crippen LogP contribution in [0.1, 0.15) is 52.0 Å². The number of H-pyrrole nitrogens is 1. The van der Waals surface area contributed by atoms with Crippen LogP contribution in [-0.2, 0) is 27.3 Å². The number of hydrogen-bond acceptors (Lipinski definition) is 8. The van der Waals surface area contributed by atoms with Crippen LogP contribution in [0.15, 0.2) is 40.1 Å². The molecule has 0 aliphatic carbocycles. The molecule has 0 spiro atoms. The van der Waals surface area contributed by atoms with Gasteiger partial charge in [-0.1, -0.05) is 38.4 Å². The second-order valence-electron chi connectivity index (χ2n) is 11.6. The highest BCUT2D eigenvalue weighted by molar-refractivity contribution is 7.48. The van der Waals surface area contributed by atoms with E-state index in [4.69, 9.17) is 34.3 Å². The first kappa shape index (κ1) is 31.2. The van der Waals surface area contributed by atoms with Crippen LogP contribution < -0.4 is 11.2 Å². The van der Waals surface area contributed by atoms with Crippen molar-refractivity contribution < 1.29 is 36.1 Å². The molecule has 0 saturated carbocycles. The predicted molar refractivity (Wildman–Crippen MR) is 146 cm³/mol. The van der Waals surface area contributed by atoms with Gasteiger partial charge in [0.05, 0.1) is 24.3 Å². The topological polar surface area (TPSA) is 118 Å². The Balaban J connectivity index is 1.59. The highest BCUT2D eigenvalue weighted by atomic mass is 35.5. The molecular formula is C25H34ClF2N2O8PSi. The molecule has 40 heavy (non-hydrogen) atoms. The second kappa shape index (κ2) is 11.2. The number of nitrogens with zero attached hydrogens (tertiary/aromatic N) is 1. The van der Waals surface area contributed by atoms with Crippen molar-refractivity contribution in [2.75, 3.05) is 13.2 Å². The maximum absolute atomic E-state index is 16.6.